The maximum Gasteiger partial charge on any atom is 0.255 e. The average molecular weight is 485 g/mol. The van der Waals surface area contributed by atoms with Crippen molar-refractivity contribution in [3.8, 4) is 17.2 Å². The topological polar surface area (TPSA) is 85.9 Å². The Labute approximate surface area is 210 Å². The molecule has 0 saturated carbocycles. The van der Waals surface area contributed by atoms with Crippen LogP contribution in [0.15, 0.2) is 78.9 Å². The molecule has 0 unspecified atom stereocenters. The van der Waals surface area contributed by atoms with Crippen molar-refractivity contribution in [2.24, 2.45) is 0 Å². The number of methoxy groups -OCH3 is 3. The van der Waals surface area contributed by atoms with E-state index in [1.165, 1.54) is 21.3 Å². The lowest BCUT2D eigenvalue weighted by Crippen LogP contribution is -2.27. The number of hydrogen-bond acceptors (Lipinski definition) is 5. The van der Waals surface area contributed by atoms with Crippen molar-refractivity contribution in [1.82, 2.24) is 5.32 Å². The molecule has 0 spiro atoms. The van der Waals surface area contributed by atoms with E-state index in [1.807, 2.05) is 49.4 Å². The Morgan fingerprint density at radius 3 is 2.08 bits per heavy atom. The normalized spacial score (nSPS) is 11.4. The number of nitrogens with one attached hydrogen (secondary N) is 2. The molecule has 184 valence electrons. The smallest absolute Gasteiger partial charge is 0.255 e. The largest absolute Gasteiger partial charge is 0.493 e. The van der Waals surface area contributed by atoms with Crippen LogP contribution in [0.3, 0.4) is 0 Å². The van der Waals surface area contributed by atoms with Crippen molar-refractivity contribution in [2.75, 3.05) is 26.6 Å². The highest BCUT2D eigenvalue weighted by Crippen LogP contribution is 2.38. The first-order chi connectivity index (χ1) is 17.4. The summed E-state index contributed by atoms with van der Waals surface area (Å²) < 4.78 is 16.0. The summed E-state index contributed by atoms with van der Waals surface area (Å²) in [5, 5.41) is 8.11. The highest BCUT2D eigenvalue weighted by atomic mass is 16.5. The van der Waals surface area contributed by atoms with E-state index < -0.39 is 0 Å². The molecule has 7 nitrogen and oxygen atoms in total. The molecule has 36 heavy (non-hydrogen) atoms. The van der Waals surface area contributed by atoms with Crippen LogP contribution in [0, 0.1) is 0 Å². The van der Waals surface area contributed by atoms with Crippen LogP contribution in [0.4, 0.5) is 5.69 Å². The van der Waals surface area contributed by atoms with Crippen LogP contribution < -0.4 is 24.8 Å². The van der Waals surface area contributed by atoms with E-state index in [4.69, 9.17) is 14.2 Å². The predicted molar refractivity (Wildman–Crippen MR) is 140 cm³/mol. The minimum atomic E-state index is -0.379. The third-order valence-electron chi connectivity index (χ3n) is 5.95. The number of anilines is 1. The molecule has 2 amide bonds. The highest BCUT2D eigenvalue weighted by molar-refractivity contribution is 6.06. The summed E-state index contributed by atoms with van der Waals surface area (Å²) in [6.45, 7) is 1.95. The fraction of sp³-hybridized carbons (Fsp3) is 0.172. The number of carbonyl (C=O) groups excluding carboxylic acids is 2. The average Bonchev–Trinajstić information content (AvgIpc) is 2.91. The van der Waals surface area contributed by atoms with Crippen LogP contribution in [0.2, 0.25) is 0 Å². The second kappa shape index (κ2) is 10.8. The lowest BCUT2D eigenvalue weighted by Gasteiger charge is -2.17. The van der Waals surface area contributed by atoms with Crippen LogP contribution in [0.5, 0.6) is 17.2 Å². The lowest BCUT2D eigenvalue weighted by atomic mass is 9.99. The highest BCUT2D eigenvalue weighted by Gasteiger charge is 2.18. The monoisotopic (exact) mass is 484 g/mol. The Bertz CT molecular complexity index is 1390. The molecule has 4 rings (SSSR count). The standard InChI is InChI=1S/C29H28N2O5/c1-18(23-14-8-10-19-9-5-6-13-24(19)23)30-28(32)20-11-7-12-22(15-20)31-29(33)21-16-25(34-2)27(36-4)26(17-21)35-3/h5-18H,1-4H3,(H,30,32)(H,31,33)/t18-/m1/s1. The lowest BCUT2D eigenvalue weighted by molar-refractivity contribution is 0.0939. The van der Waals surface area contributed by atoms with Crippen LogP contribution in [-0.2, 0) is 0 Å². The van der Waals surface area contributed by atoms with Gasteiger partial charge in [-0.15, -0.1) is 0 Å². The number of amides is 2. The van der Waals surface area contributed by atoms with Gasteiger partial charge >= 0.3 is 0 Å². The van der Waals surface area contributed by atoms with Gasteiger partial charge in [-0.2, -0.15) is 0 Å². The van der Waals surface area contributed by atoms with Crippen LogP contribution in [-0.4, -0.2) is 33.1 Å². The molecule has 0 fully saturated rings. The van der Waals surface area contributed by atoms with Crippen LogP contribution >= 0.6 is 0 Å². The molecule has 0 heterocycles. The summed E-state index contributed by atoms with van der Waals surface area (Å²) in [6.07, 6.45) is 0. The fourth-order valence-electron chi connectivity index (χ4n) is 4.14. The molecular weight excluding hydrogens is 456 g/mol. The summed E-state index contributed by atoms with van der Waals surface area (Å²) in [5.74, 6) is 0.529. The molecule has 0 aliphatic carbocycles. The number of rotatable bonds is 8. The van der Waals surface area contributed by atoms with E-state index in [9.17, 15) is 9.59 Å². The van der Waals surface area contributed by atoms with Gasteiger partial charge in [-0.1, -0.05) is 48.5 Å². The van der Waals surface area contributed by atoms with Gasteiger partial charge in [-0.25, -0.2) is 0 Å². The first-order valence-electron chi connectivity index (χ1n) is 11.4. The summed E-state index contributed by atoms with van der Waals surface area (Å²) in [4.78, 5) is 26.0. The zero-order valence-electron chi connectivity index (χ0n) is 20.6. The van der Waals surface area contributed by atoms with E-state index in [-0.39, 0.29) is 17.9 Å². The Morgan fingerprint density at radius 2 is 1.39 bits per heavy atom. The van der Waals surface area contributed by atoms with Gasteiger partial charge in [0.1, 0.15) is 0 Å². The number of carbonyl (C=O) groups is 2. The van der Waals surface area contributed by atoms with Crippen molar-refractivity contribution in [3.05, 3.63) is 95.6 Å². The Kier molecular flexibility index (Phi) is 7.39. The second-order valence-corrected chi connectivity index (χ2v) is 8.21. The molecule has 0 aromatic heterocycles. The maximum atomic E-state index is 13.0. The van der Waals surface area contributed by atoms with Crippen LogP contribution in [0.1, 0.15) is 39.2 Å². The zero-order valence-corrected chi connectivity index (χ0v) is 20.6. The molecule has 4 aromatic carbocycles. The minimum Gasteiger partial charge on any atom is -0.493 e. The van der Waals surface area contributed by atoms with E-state index in [2.05, 4.69) is 10.6 Å². The zero-order chi connectivity index (χ0) is 25.7. The molecule has 7 heteroatoms. The van der Waals surface area contributed by atoms with Gasteiger partial charge in [0.25, 0.3) is 11.8 Å². The van der Waals surface area contributed by atoms with E-state index in [0.717, 1.165) is 16.3 Å². The third-order valence-corrected chi connectivity index (χ3v) is 5.95. The minimum absolute atomic E-state index is 0.207. The number of hydrogen-bond donors (Lipinski definition) is 2. The third kappa shape index (κ3) is 5.10. The Morgan fingerprint density at radius 1 is 0.722 bits per heavy atom. The quantitative estimate of drug-likeness (QED) is 0.340. The Balaban J connectivity index is 1.51. The number of ether oxygens (including phenoxy) is 3. The summed E-state index contributed by atoms with van der Waals surface area (Å²) in [6, 6.07) is 23.9. The summed E-state index contributed by atoms with van der Waals surface area (Å²) >= 11 is 0. The van der Waals surface area contributed by atoms with E-state index >= 15 is 0 Å². The molecule has 2 N–H and O–H groups in total. The van der Waals surface area contributed by atoms with Gasteiger partial charge in [0.2, 0.25) is 5.75 Å². The molecule has 0 bridgehead atoms. The fourth-order valence-corrected chi connectivity index (χ4v) is 4.14. The molecule has 0 aliphatic rings. The van der Waals surface area contributed by atoms with Crippen molar-refractivity contribution in [2.45, 2.75) is 13.0 Å². The SMILES string of the molecule is COc1cc(C(=O)Nc2cccc(C(=O)N[C@H](C)c3cccc4ccccc34)c2)cc(OC)c1OC. The molecule has 0 aliphatic heterocycles. The van der Waals surface area contributed by atoms with E-state index in [1.54, 1.807) is 36.4 Å². The molecule has 0 saturated heterocycles. The second-order valence-electron chi connectivity index (χ2n) is 8.21. The van der Waals surface area contributed by atoms with Crippen molar-refractivity contribution < 1.29 is 23.8 Å². The first-order valence-corrected chi connectivity index (χ1v) is 11.4. The molecule has 1 atom stereocenters. The van der Waals surface area contributed by atoms with Gasteiger partial charge < -0.3 is 24.8 Å². The van der Waals surface area contributed by atoms with Crippen LogP contribution in [0.25, 0.3) is 10.8 Å². The van der Waals surface area contributed by atoms with E-state index in [0.29, 0.717) is 34.1 Å². The van der Waals surface area contributed by atoms with Gasteiger partial charge in [0.15, 0.2) is 11.5 Å². The molecular formula is C29H28N2O5. The van der Waals surface area contributed by atoms with Gasteiger partial charge in [-0.3, -0.25) is 9.59 Å². The van der Waals surface area contributed by atoms with Gasteiger partial charge in [0.05, 0.1) is 27.4 Å². The number of fused-ring (bicyclic) bond motifs is 1. The summed E-state index contributed by atoms with van der Waals surface area (Å²) in [5.41, 5.74) is 2.28. The van der Waals surface area contributed by atoms with Crippen molar-refractivity contribution >= 4 is 28.3 Å². The van der Waals surface area contributed by atoms with Crippen molar-refractivity contribution in [3.63, 3.8) is 0 Å². The van der Waals surface area contributed by atoms with Gasteiger partial charge in [-0.05, 0) is 53.6 Å². The first kappa shape index (κ1) is 24.6. The predicted octanol–water partition coefficient (Wildman–Crippen LogP) is 5.61. The Hall–Kier alpha value is -4.52. The molecule has 4 aromatic rings. The maximum absolute atomic E-state index is 13.0. The number of benzene rings is 4. The summed E-state index contributed by atoms with van der Waals surface area (Å²) in [7, 11) is 4.47. The van der Waals surface area contributed by atoms with Crippen molar-refractivity contribution in [1.29, 1.82) is 0 Å². The molecule has 0 radical (unpaired) electrons. The van der Waals surface area contributed by atoms with Gasteiger partial charge in [0, 0.05) is 16.8 Å².